The number of thioether (sulfide) groups is 1. The van der Waals surface area contributed by atoms with Crippen molar-refractivity contribution >= 4 is 27.7 Å². The molecule has 0 amide bonds. The Balaban J connectivity index is 1.86. The molecule has 1 heterocycles. The van der Waals surface area contributed by atoms with E-state index in [0.29, 0.717) is 6.04 Å². The topological polar surface area (TPSA) is 12.0 Å². The smallest absolute Gasteiger partial charge is 0.0220 e. The Morgan fingerprint density at radius 3 is 2.93 bits per heavy atom. The minimum absolute atomic E-state index is 0.692. The highest BCUT2D eigenvalue weighted by Crippen LogP contribution is 2.26. The zero-order valence-electron chi connectivity index (χ0n) is 8.87. The van der Waals surface area contributed by atoms with Crippen LogP contribution in [0.2, 0.25) is 0 Å². The monoisotopic (exact) mass is 285 g/mol. The fourth-order valence-corrected chi connectivity index (χ4v) is 3.46. The molecule has 1 nitrogen and oxygen atoms in total. The fourth-order valence-electron chi connectivity index (χ4n) is 1.86. The summed E-state index contributed by atoms with van der Waals surface area (Å²) in [6, 6.07) is 9.11. The number of nitrogens with one attached hydrogen (secondary N) is 1. The maximum absolute atomic E-state index is 3.62. The van der Waals surface area contributed by atoms with Crippen molar-refractivity contribution < 1.29 is 0 Å². The first kappa shape index (κ1) is 11.5. The summed E-state index contributed by atoms with van der Waals surface area (Å²) >= 11 is 5.64. The molecule has 1 aromatic carbocycles. The van der Waals surface area contributed by atoms with E-state index in [1.807, 2.05) is 0 Å². The van der Waals surface area contributed by atoms with Crippen molar-refractivity contribution in [2.24, 2.45) is 0 Å². The lowest BCUT2D eigenvalue weighted by molar-refractivity contribution is 0.538. The van der Waals surface area contributed by atoms with Gasteiger partial charge in [0.25, 0.3) is 0 Å². The molecule has 0 aliphatic carbocycles. The van der Waals surface area contributed by atoms with Crippen LogP contribution in [-0.4, -0.2) is 17.0 Å². The maximum atomic E-state index is 3.62. The second kappa shape index (κ2) is 5.37. The third-order valence-electron chi connectivity index (χ3n) is 2.74. The van der Waals surface area contributed by atoms with Crippen molar-refractivity contribution in [3.63, 3.8) is 0 Å². The van der Waals surface area contributed by atoms with E-state index in [2.05, 4.69) is 64.2 Å². The van der Waals surface area contributed by atoms with Crippen LogP contribution in [0.4, 0.5) is 0 Å². The summed E-state index contributed by atoms with van der Waals surface area (Å²) in [7, 11) is 0. The molecule has 3 heteroatoms. The van der Waals surface area contributed by atoms with E-state index in [9.17, 15) is 0 Å². The molecule has 1 saturated heterocycles. The summed E-state index contributed by atoms with van der Waals surface area (Å²) in [5.74, 6) is 1.26. The molecule has 2 rings (SSSR count). The minimum Gasteiger partial charge on any atom is -0.309 e. The highest BCUT2D eigenvalue weighted by Gasteiger charge is 2.21. The molecule has 1 fully saturated rings. The molecular weight excluding hydrogens is 270 g/mol. The van der Waals surface area contributed by atoms with Gasteiger partial charge < -0.3 is 5.32 Å². The standard InChI is InChI=1S/C12H16BrNS/c1-9-6-11(8-15-9)14-7-10-4-2-3-5-12(10)13/h2-5,9,11,14H,6-8H2,1H3. The number of halogens is 1. The first-order valence-corrected chi connectivity index (χ1v) is 7.18. The van der Waals surface area contributed by atoms with Crippen LogP contribution < -0.4 is 5.32 Å². The van der Waals surface area contributed by atoms with Crippen LogP contribution in [0.3, 0.4) is 0 Å². The van der Waals surface area contributed by atoms with Crippen molar-refractivity contribution in [1.82, 2.24) is 5.32 Å². The number of hydrogen-bond donors (Lipinski definition) is 1. The molecule has 2 unspecified atom stereocenters. The van der Waals surface area contributed by atoms with Gasteiger partial charge in [-0.2, -0.15) is 11.8 Å². The van der Waals surface area contributed by atoms with Crippen LogP contribution in [0.25, 0.3) is 0 Å². The van der Waals surface area contributed by atoms with E-state index in [1.54, 1.807) is 0 Å². The Bertz CT molecular complexity index is 329. The molecule has 2 atom stereocenters. The predicted molar refractivity (Wildman–Crippen MR) is 71.3 cm³/mol. The van der Waals surface area contributed by atoms with Crippen LogP contribution in [-0.2, 0) is 6.54 Å². The maximum Gasteiger partial charge on any atom is 0.0220 e. The third-order valence-corrected chi connectivity index (χ3v) is 4.87. The lowest BCUT2D eigenvalue weighted by Gasteiger charge is -2.12. The first-order chi connectivity index (χ1) is 7.25. The highest BCUT2D eigenvalue weighted by molar-refractivity contribution is 9.10. The van der Waals surface area contributed by atoms with E-state index >= 15 is 0 Å². The van der Waals surface area contributed by atoms with Gasteiger partial charge in [0, 0.05) is 28.1 Å². The Labute approximate surface area is 104 Å². The molecule has 1 aromatic rings. The average molecular weight is 286 g/mol. The molecule has 0 radical (unpaired) electrons. The van der Waals surface area contributed by atoms with Gasteiger partial charge in [0.05, 0.1) is 0 Å². The molecule has 82 valence electrons. The zero-order valence-corrected chi connectivity index (χ0v) is 11.3. The van der Waals surface area contributed by atoms with Crippen LogP contribution in [0.5, 0.6) is 0 Å². The average Bonchev–Trinajstić information content (AvgIpc) is 2.63. The quantitative estimate of drug-likeness (QED) is 0.913. The SMILES string of the molecule is CC1CC(NCc2ccccc2Br)CS1. The van der Waals surface area contributed by atoms with Gasteiger partial charge in [0.15, 0.2) is 0 Å². The van der Waals surface area contributed by atoms with E-state index in [-0.39, 0.29) is 0 Å². The molecule has 15 heavy (non-hydrogen) atoms. The Hall–Kier alpha value is 0.01000. The van der Waals surface area contributed by atoms with Gasteiger partial charge in [-0.15, -0.1) is 0 Å². The van der Waals surface area contributed by atoms with E-state index < -0.39 is 0 Å². The Morgan fingerprint density at radius 2 is 2.27 bits per heavy atom. The summed E-state index contributed by atoms with van der Waals surface area (Å²) in [6.07, 6.45) is 1.30. The summed E-state index contributed by atoms with van der Waals surface area (Å²) in [5, 5.41) is 4.44. The second-order valence-electron chi connectivity index (χ2n) is 4.05. The van der Waals surface area contributed by atoms with Crippen LogP contribution >= 0.6 is 27.7 Å². The van der Waals surface area contributed by atoms with Gasteiger partial charge in [0.2, 0.25) is 0 Å². The van der Waals surface area contributed by atoms with Crippen molar-refractivity contribution in [1.29, 1.82) is 0 Å². The molecule has 0 saturated carbocycles. The van der Waals surface area contributed by atoms with Crippen molar-refractivity contribution in [2.45, 2.75) is 31.2 Å². The van der Waals surface area contributed by atoms with E-state index in [4.69, 9.17) is 0 Å². The number of hydrogen-bond acceptors (Lipinski definition) is 2. The molecule has 0 aromatic heterocycles. The van der Waals surface area contributed by atoms with Crippen molar-refractivity contribution in [3.05, 3.63) is 34.3 Å². The summed E-state index contributed by atoms with van der Waals surface area (Å²) in [5.41, 5.74) is 1.35. The fraction of sp³-hybridized carbons (Fsp3) is 0.500. The predicted octanol–water partition coefficient (Wildman–Crippen LogP) is 3.43. The van der Waals surface area contributed by atoms with E-state index in [1.165, 1.54) is 22.2 Å². The van der Waals surface area contributed by atoms with Crippen LogP contribution in [0, 0.1) is 0 Å². The van der Waals surface area contributed by atoms with Crippen LogP contribution in [0.1, 0.15) is 18.9 Å². The largest absolute Gasteiger partial charge is 0.309 e. The van der Waals surface area contributed by atoms with Crippen LogP contribution in [0.15, 0.2) is 28.7 Å². The summed E-state index contributed by atoms with van der Waals surface area (Å²) < 4.78 is 1.20. The molecule has 1 aliphatic rings. The summed E-state index contributed by atoms with van der Waals surface area (Å²) in [6.45, 7) is 3.28. The van der Waals surface area contributed by atoms with Gasteiger partial charge >= 0.3 is 0 Å². The van der Waals surface area contributed by atoms with Gasteiger partial charge in [-0.1, -0.05) is 41.1 Å². The van der Waals surface area contributed by atoms with Gasteiger partial charge in [0.1, 0.15) is 0 Å². The highest BCUT2D eigenvalue weighted by atomic mass is 79.9. The number of rotatable bonds is 3. The first-order valence-electron chi connectivity index (χ1n) is 5.34. The zero-order chi connectivity index (χ0) is 10.7. The minimum atomic E-state index is 0.692. The molecule has 1 aliphatic heterocycles. The van der Waals surface area contributed by atoms with Crippen molar-refractivity contribution in [3.8, 4) is 0 Å². The van der Waals surface area contributed by atoms with Gasteiger partial charge in [-0.05, 0) is 18.1 Å². The van der Waals surface area contributed by atoms with Gasteiger partial charge in [-0.25, -0.2) is 0 Å². The molecule has 0 spiro atoms. The third kappa shape index (κ3) is 3.23. The lowest BCUT2D eigenvalue weighted by Crippen LogP contribution is -2.28. The second-order valence-corrected chi connectivity index (χ2v) is 6.37. The molecule has 1 N–H and O–H groups in total. The van der Waals surface area contributed by atoms with Gasteiger partial charge in [-0.3, -0.25) is 0 Å². The Kier molecular flexibility index (Phi) is 4.12. The lowest BCUT2D eigenvalue weighted by atomic mass is 10.1. The van der Waals surface area contributed by atoms with E-state index in [0.717, 1.165) is 11.8 Å². The van der Waals surface area contributed by atoms with Crippen molar-refractivity contribution in [2.75, 3.05) is 5.75 Å². The number of benzene rings is 1. The molecule has 0 bridgehead atoms. The summed E-state index contributed by atoms with van der Waals surface area (Å²) in [4.78, 5) is 0. The molecular formula is C12H16BrNS. The normalized spacial score (nSPS) is 25.7. The Morgan fingerprint density at radius 1 is 1.47 bits per heavy atom.